The van der Waals surface area contributed by atoms with Gasteiger partial charge in [-0.3, -0.25) is 0 Å². The van der Waals surface area contributed by atoms with Gasteiger partial charge in [0.1, 0.15) is 0 Å². The molecule has 118 valence electrons. The molecule has 6 heteroatoms. The minimum absolute atomic E-state index is 0.0571. The largest absolute Gasteiger partial charge is 0.416 e. The van der Waals surface area contributed by atoms with Crippen LogP contribution in [0.1, 0.15) is 30.9 Å². The van der Waals surface area contributed by atoms with Crippen LogP contribution >= 0.6 is 0 Å². The van der Waals surface area contributed by atoms with Crippen molar-refractivity contribution >= 4 is 0 Å². The molecule has 1 fully saturated rings. The van der Waals surface area contributed by atoms with Crippen LogP contribution in [0.25, 0.3) is 0 Å². The van der Waals surface area contributed by atoms with Gasteiger partial charge < -0.3 is 15.2 Å². The summed E-state index contributed by atoms with van der Waals surface area (Å²) in [6.45, 7) is 2.62. The van der Waals surface area contributed by atoms with E-state index >= 15 is 0 Å². The summed E-state index contributed by atoms with van der Waals surface area (Å²) in [5.74, 6) is 0. The van der Waals surface area contributed by atoms with E-state index < -0.39 is 17.3 Å². The molecule has 1 saturated heterocycles. The van der Waals surface area contributed by atoms with Crippen molar-refractivity contribution in [2.75, 3.05) is 19.8 Å². The van der Waals surface area contributed by atoms with Crippen LogP contribution in [-0.2, 0) is 16.5 Å². The number of hydrogen-bond donors (Lipinski definition) is 2. The molecule has 2 unspecified atom stereocenters. The predicted octanol–water partition coefficient (Wildman–Crippen LogP) is 2.68. The molecular weight excluding hydrogens is 283 g/mol. The third-order valence-electron chi connectivity index (χ3n) is 3.89. The van der Waals surface area contributed by atoms with Gasteiger partial charge in [-0.2, -0.15) is 13.2 Å². The Morgan fingerprint density at radius 1 is 1.33 bits per heavy atom. The summed E-state index contributed by atoms with van der Waals surface area (Å²) in [5, 5.41) is 12.8. The number of hydrogen-bond acceptors (Lipinski definition) is 3. The highest BCUT2D eigenvalue weighted by atomic mass is 19.4. The van der Waals surface area contributed by atoms with Gasteiger partial charge in [-0.05, 0) is 37.5 Å². The summed E-state index contributed by atoms with van der Waals surface area (Å²) in [7, 11) is 0. The molecule has 1 aromatic carbocycles. The molecule has 1 aromatic rings. The van der Waals surface area contributed by atoms with Crippen LogP contribution in [0.2, 0.25) is 0 Å². The Balaban J connectivity index is 2.14. The molecular formula is C15H20F3NO2. The van der Waals surface area contributed by atoms with Crippen molar-refractivity contribution in [1.29, 1.82) is 0 Å². The van der Waals surface area contributed by atoms with E-state index in [0.717, 1.165) is 25.0 Å². The zero-order chi connectivity index (χ0) is 15.5. The van der Waals surface area contributed by atoms with E-state index in [-0.39, 0.29) is 12.7 Å². The molecule has 0 radical (unpaired) electrons. The Hall–Kier alpha value is -1.11. The Bertz CT molecular complexity index is 472. The number of nitrogens with one attached hydrogen (secondary N) is 1. The van der Waals surface area contributed by atoms with E-state index in [0.29, 0.717) is 18.7 Å². The average molecular weight is 303 g/mol. The summed E-state index contributed by atoms with van der Waals surface area (Å²) in [4.78, 5) is 0. The number of aliphatic hydroxyl groups is 1. The molecule has 0 bridgehead atoms. The van der Waals surface area contributed by atoms with Crippen LogP contribution in [0.4, 0.5) is 13.2 Å². The van der Waals surface area contributed by atoms with Crippen molar-refractivity contribution in [2.24, 2.45) is 0 Å². The number of alkyl halides is 3. The van der Waals surface area contributed by atoms with Crippen LogP contribution in [0.3, 0.4) is 0 Å². The molecule has 1 aliphatic rings. The van der Waals surface area contributed by atoms with Crippen molar-refractivity contribution in [2.45, 2.75) is 37.6 Å². The molecule has 1 heterocycles. The number of rotatable bonds is 5. The highest BCUT2D eigenvalue weighted by Crippen LogP contribution is 2.32. The van der Waals surface area contributed by atoms with Crippen LogP contribution in [-0.4, -0.2) is 31.0 Å². The van der Waals surface area contributed by atoms with E-state index in [2.05, 4.69) is 5.32 Å². The molecule has 2 rings (SSSR count). The van der Waals surface area contributed by atoms with E-state index in [9.17, 15) is 18.3 Å². The zero-order valence-corrected chi connectivity index (χ0v) is 11.9. The average Bonchev–Trinajstić information content (AvgIpc) is 2.97. The molecule has 0 amide bonds. The van der Waals surface area contributed by atoms with E-state index in [1.54, 1.807) is 13.0 Å². The maximum atomic E-state index is 12.8. The van der Waals surface area contributed by atoms with Crippen LogP contribution < -0.4 is 5.32 Å². The first-order chi connectivity index (χ1) is 9.85. The first kappa shape index (κ1) is 16.3. The first-order valence-electron chi connectivity index (χ1n) is 7.00. The zero-order valence-electron chi connectivity index (χ0n) is 11.9. The van der Waals surface area contributed by atoms with Gasteiger partial charge in [-0.15, -0.1) is 0 Å². The summed E-state index contributed by atoms with van der Waals surface area (Å²) in [5.41, 5.74) is -1.22. The number of ether oxygens (including phenoxy) is 1. The fourth-order valence-electron chi connectivity index (χ4n) is 2.43. The second kappa shape index (κ2) is 6.34. The third-order valence-corrected chi connectivity index (χ3v) is 3.89. The van der Waals surface area contributed by atoms with E-state index in [1.165, 1.54) is 6.07 Å². The van der Waals surface area contributed by atoms with Gasteiger partial charge in [0.25, 0.3) is 0 Å². The Morgan fingerprint density at radius 3 is 2.62 bits per heavy atom. The monoisotopic (exact) mass is 303 g/mol. The molecule has 0 aromatic heterocycles. The second-order valence-electron chi connectivity index (χ2n) is 5.58. The van der Waals surface area contributed by atoms with Gasteiger partial charge in [-0.1, -0.05) is 12.1 Å². The minimum atomic E-state index is -4.39. The van der Waals surface area contributed by atoms with Crippen LogP contribution in [0, 0.1) is 0 Å². The number of halogens is 3. The molecule has 0 aliphatic carbocycles. The van der Waals surface area contributed by atoms with Crippen molar-refractivity contribution in [3.05, 3.63) is 35.4 Å². The topological polar surface area (TPSA) is 41.5 Å². The quantitative estimate of drug-likeness (QED) is 0.879. The Morgan fingerprint density at radius 2 is 2.05 bits per heavy atom. The number of benzene rings is 1. The fraction of sp³-hybridized carbons (Fsp3) is 0.600. The van der Waals surface area contributed by atoms with Gasteiger partial charge in [-0.25, -0.2) is 0 Å². The van der Waals surface area contributed by atoms with Crippen molar-refractivity contribution < 1.29 is 23.0 Å². The summed E-state index contributed by atoms with van der Waals surface area (Å²) in [6, 6.07) is 5.06. The fourth-order valence-corrected chi connectivity index (χ4v) is 2.43. The number of aliphatic hydroxyl groups excluding tert-OH is 1. The van der Waals surface area contributed by atoms with Gasteiger partial charge in [0, 0.05) is 13.2 Å². The van der Waals surface area contributed by atoms with Gasteiger partial charge in [0.05, 0.1) is 23.8 Å². The van der Waals surface area contributed by atoms with E-state index in [4.69, 9.17) is 4.74 Å². The third kappa shape index (κ3) is 3.96. The highest BCUT2D eigenvalue weighted by molar-refractivity contribution is 5.31. The summed E-state index contributed by atoms with van der Waals surface area (Å²) >= 11 is 0. The van der Waals surface area contributed by atoms with Crippen LogP contribution in [0.5, 0.6) is 0 Å². The van der Waals surface area contributed by atoms with Crippen molar-refractivity contribution in [1.82, 2.24) is 5.32 Å². The molecule has 0 saturated carbocycles. The Labute approximate surface area is 122 Å². The smallest absolute Gasteiger partial charge is 0.394 e. The first-order valence-corrected chi connectivity index (χ1v) is 7.00. The molecule has 1 aliphatic heterocycles. The van der Waals surface area contributed by atoms with Gasteiger partial charge in [0.2, 0.25) is 0 Å². The summed E-state index contributed by atoms with van der Waals surface area (Å²) < 4.78 is 43.8. The lowest BCUT2D eigenvalue weighted by Gasteiger charge is -2.31. The minimum Gasteiger partial charge on any atom is -0.394 e. The molecule has 2 N–H and O–H groups in total. The molecule has 3 nitrogen and oxygen atoms in total. The standard InChI is InChI=1S/C15H20F3NO2/c1-14(10-20,19-9-13-6-3-7-21-13)11-4-2-5-12(8-11)15(16,17)18/h2,4-5,8,13,19-20H,3,6-7,9-10H2,1H3. The van der Waals surface area contributed by atoms with Crippen molar-refractivity contribution in [3.8, 4) is 0 Å². The maximum absolute atomic E-state index is 12.8. The second-order valence-corrected chi connectivity index (χ2v) is 5.58. The molecule has 2 atom stereocenters. The van der Waals surface area contributed by atoms with Gasteiger partial charge >= 0.3 is 6.18 Å². The molecule has 0 spiro atoms. The lowest BCUT2D eigenvalue weighted by Crippen LogP contribution is -2.46. The maximum Gasteiger partial charge on any atom is 0.416 e. The van der Waals surface area contributed by atoms with Crippen molar-refractivity contribution in [3.63, 3.8) is 0 Å². The Kier molecular flexibility index (Phi) is 4.91. The lowest BCUT2D eigenvalue weighted by molar-refractivity contribution is -0.137. The van der Waals surface area contributed by atoms with E-state index in [1.807, 2.05) is 0 Å². The predicted molar refractivity (Wildman–Crippen MR) is 72.9 cm³/mol. The lowest BCUT2D eigenvalue weighted by atomic mass is 9.91. The SMILES string of the molecule is CC(CO)(NCC1CCCO1)c1cccc(C(F)(F)F)c1. The van der Waals surface area contributed by atoms with Gasteiger partial charge in [0.15, 0.2) is 0 Å². The summed E-state index contributed by atoms with van der Waals surface area (Å²) in [6.07, 6.45) is -2.41. The van der Waals surface area contributed by atoms with Crippen LogP contribution in [0.15, 0.2) is 24.3 Å². The highest BCUT2D eigenvalue weighted by Gasteiger charge is 2.33. The molecule has 21 heavy (non-hydrogen) atoms. The normalized spacial score (nSPS) is 22.2.